The van der Waals surface area contributed by atoms with Crippen LogP contribution in [0.2, 0.25) is 0 Å². The minimum absolute atomic E-state index is 0.201. The number of hydrogen-bond acceptors (Lipinski definition) is 6. The van der Waals surface area contributed by atoms with Crippen LogP contribution in [0.3, 0.4) is 0 Å². The second-order valence-corrected chi connectivity index (χ2v) is 7.73. The molecule has 0 aromatic heterocycles. The molecule has 2 atom stereocenters. The molecule has 24 heavy (non-hydrogen) atoms. The van der Waals surface area contributed by atoms with Gasteiger partial charge in [0.25, 0.3) is 0 Å². The van der Waals surface area contributed by atoms with Crippen LogP contribution in [0.4, 0.5) is 0 Å². The van der Waals surface area contributed by atoms with E-state index in [2.05, 4.69) is 11.4 Å². The van der Waals surface area contributed by atoms with Crippen molar-refractivity contribution in [1.29, 1.82) is 0 Å². The zero-order valence-electron chi connectivity index (χ0n) is 13.2. The van der Waals surface area contributed by atoms with E-state index in [-0.39, 0.29) is 11.8 Å². The number of phenolic OH excluding ortho intramolecular Hbond substituents is 1. The maximum atomic E-state index is 10.2. The molecule has 128 valence electrons. The number of nitrogens with one attached hydrogen (secondary N) is 1. The van der Waals surface area contributed by atoms with E-state index in [9.17, 15) is 10.2 Å². The lowest BCUT2D eigenvalue weighted by Gasteiger charge is -2.18. The van der Waals surface area contributed by atoms with E-state index in [1.807, 2.05) is 30.3 Å². The van der Waals surface area contributed by atoms with Gasteiger partial charge in [0.15, 0.2) is 0 Å². The molecule has 2 aromatic rings. The van der Waals surface area contributed by atoms with E-state index in [0.717, 1.165) is 21.3 Å². The van der Waals surface area contributed by atoms with Gasteiger partial charge >= 0.3 is 0 Å². The third kappa shape index (κ3) is 4.83. The number of aliphatic hydroxyl groups excluding tert-OH is 1. The Balaban J connectivity index is 1.42. The van der Waals surface area contributed by atoms with E-state index in [1.165, 1.54) is 11.8 Å². The van der Waals surface area contributed by atoms with Gasteiger partial charge in [-0.15, -0.1) is 23.5 Å². The number of phenols is 1. The zero-order valence-corrected chi connectivity index (χ0v) is 14.9. The Labute approximate surface area is 150 Å². The summed E-state index contributed by atoms with van der Waals surface area (Å²) in [5.74, 6) is 2.64. The third-order valence-electron chi connectivity index (χ3n) is 3.67. The van der Waals surface area contributed by atoms with E-state index in [0.29, 0.717) is 18.9 Å². The summed E-state index contributed by atoms with van der Waals surface area (Å²) in [7, 11) is 0. The van der Waals surface area contributed by atoms with E-state index >= 15 is 0 Å². The Morgan fingerprint density at radius 1 is 1.21 bits per heavy atom. The summed E-state index contributed by atoms with van der Waals surface area (Å²) in [5.41, 5.74) is 0. The lowest BCUT2D eigenvalue weighted by molar-refractivity contribution is 0.183. The van der Waals surface area contributed by atoms with Crippen molar-refractivity contribution < 1.29 is 14.9 Å². The normalized spacial score (nSPS) is 18.3. The number of benzene rings is 2. The highest BCUT2D eigenvalue weighted by Crippen LogP contribution is 2.32. The molecule has 0 fully saturated rings. The van der Waals surface area contributed by atoms with Crippen molar-refractivity contribution in [2.24, 2.45) is 0 Å². The van der Waals surface area contributed by atoms with Crippen LogP contribution in [0.1, 0.15) is 0 Å². The molecule has 0 unspecified atom stereocenters. The van der Waals surface area contributed by atoms with Gasteiger partial charge in [-0.05, 0) is 24.3 Å². The van der Waals surface area contributed by atoms with Crippen molar-refractivity contribution in [3.8, 4) is 11.5 Å². The lowest BCUT2D eigenvalue weighted by Crippen LogP contribution is -2.41. The van der Waals surface area contributed by atoms with E-state index < -0.39 is 6.10 Å². The van der Waals surface area contributed by atoms with Gasteiger partial charge in [0.1, 0.15) is 18.1 Å². The van der Waals surface area contributed by atoms with Crippen LogP contribution >= 0.6 is 23.5 Å². The molecule has 0 bridgehead atoms. The summed E-state index contributed by atoms with van der Waals surface area (Å²) < 4.78 is 5.84. The maximum Gasteiger partial charge on any atom is 0.132 e. The number of rotatable bonds is 6. The molecular formula is C18H21NO3S2. The van der Waals surface area contributed by atoms with Crippen LogP contribution < -0.4 is 10.1 Å². The minimum atomic E-state index is -0.481. The Morgan fingerprint density at radius 3 is 2.88 bits per heavy atom. The Kier molecular flexibility index (Phi) is 6.31. The summed E-state index contributed by atoms with van der Waals surface area (Å²) in [6, 6.07) is 15.4. The molecule has 1 aliphatic heterocycles. The molecule has 0 saturated carbocycles. The molecule has 6 heteroatoms. The number of fused-ring (bicyclic) bond motifs is 1. The second-order valence-electron chi connectivity index (χ2n) is 5.61. The summed E-state index contributed by atoms with van der Waals surface area (Å²) in [6.45, 7) is 1.11. The molecule has 0 amide bonds. The average molecular weight is 364 g/mol. The fraction of sp³-hybridized carbons (Fsp3) is 0.333. The Hall–Kier alpha value is -1.34. The summed E-state index contributed by atoms with van der Waals surface area (Å²) in [6.07, 6.45) is -0.481. The topological polar surface area (TPSA) is 61.7 Å². The predicted molar refractivity (Wildman–Crippen MR) is 99.3 cm³/mol. The van der Waals surface area contributed by atoms with Gasteiger partial charge < -0.3 is 20.3 Å². The Bertz CT molecular complexity index is 641. The minimum Gasteiger partial charge on any atom is -0.507 e. The standard InChI is InChI=1S/C18H21NO3S2/c20-14(12-24-17-7-3-1-5-15(17)21)9-19-13-10-22-16-6-2-4-8-18(16)23-11-13/h1-8,13-14,19-21H,9-12H2/t13-,14-/m1/s1. The first-order valence-electron chi connectivity index (χ1n) is 7.89. The van der Waals surface area contributed by atoms with Gasteiger partial charge in [-0.1, -0.05) is 24.3 Å². The number of thioether (sulfide) groups is 2. The van der Waals surface area contributed by atoms with Gasteiger partial charge in [-0.3, -0.25) is 0 Å². The quantitative estimate of drug-likeness (QED) is 0.686. The Morgan fingerprint density at radius 2 is 2.00 bits per heavy atom. The molecule has 1 aliphatic rings. The van der Waals surface area contributed by atoms with Gasteiger partial charge in [0.2, 0.25) is 0 Å². The molecule has 2 aromatic carbocycles. The first-order chi connectivity index (χ1) is 11.7. The fourth-order valence-electron chi connectivity index (χ4n) is 2.36. The van der Waals surface area contributed by atoms with Crippen molar-refractivity contribution in [3.63, 3.8) is 0 Å². The smallest absolute Gasteiger partial charge is 0.132 e. The second kappa shape index (κ2) is 8.67. The number of ether oxygens (including phenoxy) is 1. The zero-order chi connectivity index (χ0) is 16.8. The van der Waals surface area contributed by atoms with Crippen molar-refractivity contribution in [2.45, 2.75) is 21.9 Å². The highest BCUT2D eigenvalue weighted by atomic mass is 32.2. The van der Waals surface area contributed by atoms with Crippen LogP contribution in [0.5, 0.6) is 11.5 Å². The van der Waals surface area contributed by atoms with Crippen LogP contribution in [-0.2, 0) is 0 Å². The van der Waals surface area contributed by atoms with E-state index in [4.69, 9.17) is 4.74 Å². The predicted octanol–water partition coefficient (Wildman–Crippen LogP) is 2.99. The highest BCUT2D eigenvalue weighted by molar-refractivity contribution is 7.99. The van der Waals surface area contributed by atoms with Gasteiger partial charge in [-0.25, -0.2) is 0 Å². The lowest BCUT2D eigenvalue weighted by atomic mass is 10.3. The van der Waals surface area contributed by atoms with Gasteiger partial charge in [-0.2, -0.15) is 0 Å². The molecule has 0 radical (unpaired) electrons. The molecule has 4 nitrogen and oxygen atoms in total. The first-order valence-corrected chi connectivity index (χ1v) is 9.86. The number of aromatic hydroxyl groups is 1. The van der Waals surface area contributed by atoms with Crippen molar-refractivity contribution in [1.82, 2.24) is 5.32 Å². The summed E-state index contributed by atoms with van der Waals surface area (Å²) in [4.78, 5) is 1.96. The number of aliphatic hydroxyl groups is 1. The fourth-order valence-corrected chi connectivity index (χ4v) is 4.28. The van der Waals surface area contributed by atoms with Crippen molar-refractivity contribution in [2.75, 3.05) is 24.7 Å². The van der Waals surface area contributed by atoms with Crippen molar-refractivity contribution in [3.05, 3.63) is 48.5 Å². The van der Waals surface area contributed by atoms with Crippen LogP contribution in [-0.4, -0.2) is 47.0 Å². The first kappa shape index (κ1) is 17.5. The average Bonchev–Trinajstić information content (AvgIpc) is 2.82. The van der Waals surface area contributed by atoms with Crippen LogP contribution in [0, 0.1) is 0 Å². The monoisotopic (exact) mass is 363 g/mol. The van der Waals surface area contributed by atoms with Crippen molar-refractivity contribution >= 4 is 23.5 Å². The molecule has 0 spiro atoms. The number of hydrogen-bond donors (Lipinski definition) is 3. The largest absolute Gasteiger partial charge is 0.507 e. The maximum absolute atomic E-state index is 10.2. The summed E-state index contributed by atoms with van der Waals surface area (Å²) >= 11 is 3.23. The molecule has 1 heterocycles. The van der Waals surface area contributed by atoms with Crippen LogP contribution in [0.15, 0.2) is 58.3 Å². The molecule has 0 aliphatic carbocycles. The molecular weight excluding hydrogens is 342 g/mol. The van der Waals surface area contributed by atoms with E-state index in [1.54, 1.807) is 23.9 Å². The van der Waals surface area contributed by atoms with Gasteiger partial charge in [0.05, 0.1) is 12.1 Å². The molecule has 3 rings (SSSR count). The molecule has 3 N–H and O–H groups in total. The number of para-hydroxylation sites is 2. The van der Waals surface area contributed by atoms with Crippen LogP contribution in [0.25, 0.3) is 0 Å². The van der Waals surface area contributed by atoms with Gasteiger partial charge in [0, 0.05) is 27.8 Å². The molecule has 0 saturated heterocycles. The third-order valence-corrected chi connectivity index (χ3v) is 6.09. The highest BCUT2D eigenvalue weighted by Gasteiger charge is 2.18. The summed E-state index contributed by atoms with van der Waals surface area (Å²) in [5, 5.41) is 23.3. The SMILES string of the molecule is Oc1ccccc1SC[C@H](O)CN[C@@H]1COc2ccccc2SC1.